The molecule has 0 aliphatic carbocycles. The molecule has 2 rings (SSSR count). The summed E-state index contributed by atoms with van der Waals surface area (Å²) in [6, 6.07) is 0.495. The number of rotatable bonds is 7. The van der Waals surface area contributed by atoms with Crippen LogP contribution in [0.2, 0.25) is 0 Å². The van der Waals surface area contributed by atoms with Crippen molar-refractivity contribution in [3.63, 3.8) is 0 Å². The van der Waals surface area contributed by atoms with E-state index in [0.29, 0.717) is 30.6 Å². The highest BCUT2D eigenvalue weighted by molar-refractivity contribution is 5.76. The molecule has 2 heterocycles. The Hall–Kier alpha value is -1.43. The summed E-state index contributed by atoms with van der Waals surface area (Å²) in [5.41, 5.74) is 0. The summed E-state index contributed by atoms with van der Waals surface area (Å²) in [4.78, 5) is 18.6. The third-order valence-electron chi connectivity index (χ3n) is 4.01. The quantitative estimate of drug-likeness (QED) is 0.829. The first kappa shape index (κ1) is 15.9. The van der Waals surface area contributed by atoms with E-state index in [1.165, 1.54) is 12.8 Å². The van der Waals surface area contributed by atoms with Crippen molar-refractivity contribution in [2.24, 2.45) is 0 Å². The second-order valence-electron chi connectivity index (χ2n) is 5.93. The number of aromatic nitrogens is 2. The number of carbonyl (C=O) groups excluding carboxylic acids is 1. The molecule has 118 valence electrons. The van der Waals surface area contributed by atoms with E-state index < -0.39 is 0 Å². The maximum Gasteiger partial charge on any atom is 0.227 e. The molecule has 1 amide bonds. The largest absolute Gasteiger partial charge is 0.355 e. The van der Waals surface area contributed by atoms with Crippen LogP contribution in [0.25, 0.3) is 0 Å². The lowest BCUT2D eigenvalue weighted by Gasteiger charge is -2.22. The Balaban J connectivity index is 1.69. The van der Waals surface area contributed by atoms with E-state index in [1.807, 2.05) is 13.8 Å². The number of likely N-dealkylation sites (N-methyl/N-ethyl adjacent to an activating group) is 1. The molecule has 1 aliphatic heterocycles. The SMILES string of the molecule is CCN1CCCC1CNC(=O)CCc1nc(C(C)C)no1. The Kier molecular flexibility index (Phi) is 5.73. The number of nitrogens with one attached hydrogen (secondary N) is 1. The van der Waals surface area contributed by atoms with Gasteiger partial charge in [0, 0.05) is 31.3 Å². The van der Waals surface area contributed by atoms with E-state index >= 15 is 0 Å². The second-order valence-corrected chi connectivity index (χ2v) is 5.93. The number of carbonyl (C=O) groups is 1. The molecule has 0 aromatic carbocycles. The molecule has 0 bridgehead atoms. The standard InChI is InChI=1S/C15H26N4O2/c1-4-19-9-5-6-12(19)10-16-13(20)7-8-14-17-15(11(2)3)18-21-14/h11-12H,4-10H2,1-3H3,(H,16,20). The second kappa shape index (κ2) is 7.54. The molecule has 1 aliphatic rings. The van der Waals surface area contributed by atoms with Gasteiger partial charge in [0.15, 0.2) is 5.82 Å². The smallest absolute Gasteiger partial charge is 0.227 e. The number of likely N-dealkylation sites (tertiary alicyclic amines) is 1. The molecule has 1 N–H and O–H groups in total. The van der Waals surface area contributed by atoms with Gasteiger partial charge in [-0.2, -0.15) is 4.98 Å². The van der Waals surface area contributed by atoms with Gasteiger partial charge in [0.05, 0.1) is 0 Å². The normalized spacial score (nSPS) is 19.3. The lowest BCUT2D eigenvalue weighted by Crippen LogP contribution is -2.40. The van der Waals surface area contributed by atoms with Crippen LogP contribution in [0.15, 0.2) is 4.52 Å². The first-order valence-electron chi connectivity index (χ1n) is 7.93. The monoisotopic (exact) mass is 294 g/mol. The Morgan fingerprint density at radius 2 is 2.33 bits per heavy atom. The van der Waals surface area contributed by atoms with Gasteiger partial charge in [-0.05, 0) is 25.9 Å². The molecule has 21 heavy (non-hydrogen) atoms. The highest BCUT2D eigenvalue weighted by Crippen LogP contribution is 2.15. The zero-order valence-corrected chi connectivity index (χ0v) is 13.3. The summed E-state index contributed by atoms with van der Waals surface area (Å²) in [5.74, 6) is 1.56. The van der Waals surface area contributed by atoms with Crippen LogP contribution in [-0.4, -0.2) is 46.6 Å². The first-order chi connectivity index (χ1) is 10.1. The number of nitrogens with zero attached hydrogens (tertiary/aromatic N) is 3. The van der Waals surface area contributed by atoms with Gasteiger partial charge < -0.3 is 9.84 Å². The Labute approximate surface area is 126 Å². The molecular weight excluding hydrogens is 268 g/mol. The average Bonchev–Trinajstić information content (AvgIpc) is 3.11. The molecule has 1 aromatic rings. The van der Waals surface area contributed by atoms with E-state index in [0.717, 1.165) is 19.6 Å². The summed E-state index contributed by atoms with van der Waals surface area (Å²) in [5, 5.41) is 6.92. The third-order valence-corrected chi connectivity index (χ3v) is 4.01. The minimum Gasteiger partial charge on any atom is -0.355 e. The van der Waals surface area contributed by atoms with Crippen LogP contribution in [0.3, 0.4) is 0 Å². The summed E-state index contributed by atoms with van der Waals surface area (Å²) in [6.45, 7) is 9.15. The van der Waals surface area contributed by atoms with Gasteiger partial charge in [0.2, 0.25) is 11.8 Å². The van der Waals surface area contributed by atoms with Crippen molar-refractivity contribution in [2.75, 3.05) is 19.6 Å². The fourth-order valence-electron chi connectivity index (χ4n) is 2.69. The maximum absolute atomic E-state index is 11.9. The number of amides is 1. The van der Waals surface area contributed by atoms with Crippen LogP contribution >= 0.6 is 0 Å². The van der Waals surface area contributed by atoms with Gasteiger partial charge in [-0.15, -0.1) is 0 Å². The molecule has 1 fully saturated rings. The molecule has 0 spiro atoms. The fraction of sp³-hybridized carbons (Fsp3) is 0.800. The van der Waals surface area contributed by atoms with Gasteiger partial charge >= 0.3 is 0 Å². The predicted molar refractivity (Wildman–Crippen MR) is 80.0 cm³/mol. The molecule has 6 heteroatoms. The third kappa shape index (κ3) is 4.52. The van der Waals surface area contributed by atoms with E-state index in [2.05, 4.69) is 27.3 Å². The Bertz CT molecular complexity index is 458. The van der Waals surface area contributed by atoms with E-state index in [1.54, 1.807) is 0 Å². The van der Waals surface area contributed by atoms with Crippen molar-refractivity contribution < 1.29 is 9.32 Å². The van der Waals surface area contributed by atoms with Gasteiger partial charge in [-0.1, -0.05) is 25.9 Å². The van der Waals surface area contributed by atoms with Crippen LogP contribution in [0, 0.1) is 0 Å². The van der Waals surface area contributed by atoms with Crippen LogP contribution in [0.5, 0.6) is 0 Å². The van der Waals surface area contributed by atoms with Crippen LogP contribution in [0.4, 0.5) is 0 Å². The van der Waals surface area contributed by atoms with Crippen molar-refractivity contribution in [2.45, 2.75) is 58.4 Å². The summed E-state index contributed by atoms with van der Waals surface area (Å²) >= 11 is 0. The molecule has 1 atom stereocenters. The van der Waals surface area contributed by atoms with Crippen LogP contribution in [0.1, 0.15) is 57.7 Å². The van der Waals surface area contributed by atoms with Crippen molar-refractivity contribution in [3.8, 4) is 0 Å². The minimum absolute atomic E-state index is 0.0576. The lowest BCUT2D eigenvalue weighted by molar-refractivity contribution is -0.121. The van der Waals surface area contributed by atoms with Gasteiger partial charge in [0.25, 0.3) is 0 Å². The highest BCUT2D eigenvalue weighted by Gasteiger charge is 2.23. The van der Waals surface area contributed by atoms with Crippen LogP contribution < -0.4 is 5.32 Å². The number of hydrogen-bond acceptors (Lipinski definition) is 5. The molecule has 0 saturated carbocycles. The Morgan fingerprint density at radius 1 is 1.52 bits per heavy atom. The van der Waals surface area contributed by atoms with E-state index in [9.17, 15) is 4.79 Å². The zero-order chi connectivity index (χ0) is 15.2. The van der Waals surface area contributed by atoms with Crippen LogP contribution in [-0.2, 0) is 11.2 Å². The highest BCUT2D eigenvalue weighted by atomic mass is 16.5. The van der Waals surface area contributed by atoms with Crippen molar-refractivity contribution >= 4 is 5.91 Å². The van der Waals surface area contributed by atoms with E-state index in [-0.39, 0.29) is 11.8 Å². The van der Waals surface area contributed by atoms with Gasteiger partial charge in [-0.3, -0.25) is 9.69 Å². The summed E-state index contributed by atoms with van der Waals surface area (Å²) in [6.07, 6.45) is 3.32. The number of hydrogen-bond donors (Lipinski definition) is 1. The maximum atomic E-state index is 11.9. The summed E-state index contributed by atoms with van der Waals surface area (Å²) in [7, 11) is 0. The van der Waals surface area contributed by atoms with E-state index in [4.69, 9.17) is 4.52 Å². The zero-order valence-electron chi connectivity index (χ0n) is 13.3. The summed E-state index contributed by atoms with van der Waals surface area (Å²) < 4.78 is 5.14. The number of aryl methyl sites for hydroxylation is 1. The van der Waals surface area contributed by atoms with Gasteiger partial charge in [-0.25, -0.2) is 0 Å². The fourth-order valence-corrected chi connectivity index (χ4v) is 2.69. The van der Waals surface area contributed by atoms with Gasteiger partial charge in [0.1, 0.15) is 0 Å². The lowest BCUT2D eigenvalue weighted by atomic mass is 10.2. The van der Waals surface area contributed by atoms with Crippen molar-refractivity contribution in [1.29, 1.82) is 0 Å². The molecule has 1 unspecified atom stereocenters. The molecule has 6 nitrogen and oxygen atoms in total. The minimum atomic E-state index is 0.0576. The van der Waals surface area contributed by atoms with Crippen molar-refractivity contribution in [1.82, 2.24) is 20.4 Å². The first-order valence-corrected chi connectivity index (χ1v) is 7.93. The topological polar surface area (TPSA) is 71.3 Å². The molecular formula is C15H26N4O2. The molecule has 1 aromatic heterocycles. The molecule has 1 saturated heterocycles. The predicted octanol–water partition coefficient (Wildman–Crippen LogP) is 1.73. The molecule has 0 radical (unpaired) electrons. The average molecular weight is 294 g/mol. The Morgan fingerprint density at radius 3 is 3.00 bits per heavy atom. The van der Waals surface area contributed by atoms with Crippen molar-refractivity contribution in [3.05, 3.63) is 11.7 Å².